The van der Waals surface area contributed by atoms with Gasteiger partial charge in [0.15, 0.2) is 0 Å². The van der Waals surface area contributed by atoms with Crippen LogP contribution in [0.1, 0.15) is 17.5 Å². The minimum absolute atomic E-state index is 0.0253. The molecule has 29 heavy (non-hydrogen) atoms. The summed E-state index contributed by atoms with van der Waals surface area (Å²) >= 11 is 3.41. The van der Waals surface area contributed by atoms with Gasteiger partial charge in [0.05, 0.1) is 19.2 Å². The zero-order chi connectivity index (χ0) is 20.5. The monoisotopic (exact) mass is 453 g/mol. The van der Waals surface area contributed by atoms with Crippen molar-refractivity contribution in [3.05, 3.63) is 94.5 Å². The van der Waals surface area contributed by atoms with Crippen LogP contribution in [0.4, 0.5) is 0 Å². The van der Waals surface area contributed by atoms with E-state index in [9.17, 15) is 4.79 Å². The minimum Gasteiger partial charge on any atom is -0.497 e. The van der Waals surface area contributed by atoms with Gasteiger partial charge in [-0.05, 0) is 47.5 Å². The lowest BCUT2D eigenvalue weighted by molar-refractivity contribution is -0.133. The summed E-state index contributed by atoms with van der Waals surface area (Å²) in [6.07, 6.45) is -0.0253. The molecule has 148 valence electrons. The Morgan fingerprint density at radius 1 is 0.897 bits per heavy atom. The van der Waals surface area contributed by atoms with Crippen molar-refractivity contribution in [3.63, 3.8) is 0 Å². The van der Waals surface area contributed by atoms with Crippen LogP contribution in [0.15, 0.2) is 88.5 Å². The maximum Gasteiger partial charge on any atom is 0.317 e. The number of methoxy groups -OCH3 is 1. The van der Waals surface area contributed by atoms with E-state index >= 15 is 0 Å². The number of esters is 1. The van der Waals surface area contributed by atoms with Crippen LogP contribution in [0.2, 0.25) is 0 Å². The van der Waals surface area contributed by atoms with E-state index in [1.54, 1.807) is 31.4 Å². The van der Waals surface area contributed by atoms with E-state index in [4.69, 9.17) is 14.3 Å². The third kappa shape index (κ3) is 6.47. The number of hydrogen-bond acceptors (Lipinski definition) is 5. The predicted molar refractivity (Wildman–Crippen MR) is 115 cm³/mol. The molecule has 0 bridgehead atoms. The highest BCUT2D eigenvalue weighted by atomic mass is 79.9. The third-order valence-corrected chi connectivity index (χ3v) is 4.56. The molecule has 0 atom stereocenters. The van der Waals surface area contributed by atoms with Crippen molar-refractivity contribution in [1.29, 1.82) is 0 Å². The van der Waals surface area contributed by atoms with Crippen molar-refractivity contribution < 1.29 is 19.1 Å². The van der Waals surface area contributed by atoms with E-state index in [0.29, 0.717) is 23.8 Å². The van der Waals surface area contributed by atoms with Crippen LogP contribution in [-0.4, -0.2) is 18.8 Å². The van der Waals surface area contributed by atoms with Crippen LogP contribution >= 0.6 is 15.9 Å². The molecule has 5 nitrogen and oxygen atoms in total. The summed E-state index contributed by atoms with van der Waals surface area (Å²) < 4.78 is 11.5. The zero-order valence-electron chi connectivity index (χ0n) is 15.9. The van der Waals surface area contributed by atoms with E-state index < -0.39 is 5.97 Å². The van der Waals surface area contributed by atoms with Gasteiger partial charge in [-0.15, -0.1) is 0 Å². The van der Waals surface area contributed by atoms with Crippen LogP contribution in [0, 0.1) is 0 Å². The van der Waals surface area contributed by atoms with E-state index in [0.717, 1.165) is 15.6 Å². The maximum absolute atomic E-state index is 12.5. The molecule has 3 rings (SSSR count). The fourth-order valence-corrected chi connectivity index (χ4v) is 2.80. The molecule has 3 aromatic rings. The minimum atomic E-state index is -0.430. The van der Waals surface area contributed by atoms with Gasteiger partial charge in [-0.2, -0.15) is 0 Å². The first-order valence-corrected chi connectivity index (χ1v) is 9.77. The van der Waals surface area contributed by atoms with Crippen LogP contribution in [0.5, 0.6) is 11.5 Å². The van der Waals surface area contributed by atoms with Gasteiger partial charge in [-0.3, -0.25) is 4.79 Å². The zero-order valence-corrected chi connectivity index (χ0v) is 17.5. The van der Waals surface area contributed by atoms with Crippen molar-refractivity contribution in [1.82, 2.24) is 0 Å². The van der Waals surface area contributed by atoms with E-state index in [2.05, 4.69) is 21.1 Å². The lowest BCUT2D eigenvalue weighted by Gasteiger charge is -2.09. The second-order valence-corrected chi connectivity index (χ2v) is 7.05. The summed E-state index contributed by atoms with van der Waals surface area (Å²) in [4.78, 5) is 18.0. The number of carbonyl (C=O) groups is 1. The second kappa shape index (κ2) is 10.4. The quantitative estimate of drug-likeness (QED) is 0.199. The summed E-state index contributed by atoms with van der Waals surface area (Å²) in [6.45, 7) is 0.314. The molecule has 0 N–H and O–H groups in total. The van der Waals surface area contributed by atoms with Gasteiger partial charge >= 0.3 is 5.97 Å². The number of carbonyl (C=O) groups excluding carboxylic acids is 1. The Bertz CT molecular complexity index is 954. The Labute approximate surface area is 178 Å². The molecule has 0 radical (unpaired) electrons. The normalized spacial score (nSPS) is 11.0. The molecule has 0 fully saturated rings. The molecule has 0 saturated carbocycles. The van der Waals surface area contributed by atoms with Gasteiger partial charge in [0.2, 0.25) is 0 Å². The molecule has 0 aliphatic rings. The number of rotatable bonds is 8. The van der Waals surface area contributed by atoms with Crippen molar-refractivity contribution >= 4 is 27.6 Å². The lowest BCUT2D eigenvalue weighted by Crippen LogP contribution is -2.15. The standard InChI is InChI=1S/C23H20BrNO4/c1-27-20-11-13-21(14-12-20)29-23(26)15-22(18-7-9-19(24)10-8-18)25-28-16-17-5-3-2-4-6-17/h2-14H,15-16H2,1H3/b25-22+. The summed E-state index contributed by atoms with van der Waals surface area (Å²) in [6, 6.07) is 24.0. The highest BCUT2D eigenvalue weighted by molar-refractivity contribution is 9.10. The predicted octanol–water partition coefficient (Wildman–Crippen LogP) is 5.37. The number of hydrogen-bond donors (Lipinski definition) is 0. The molecule has 0 unspecified atom stereocenters. The van der Waals surface area contributed by atoms with Crippen LogP contribution in [0.25, 0.3) is 0 Å². The molecule has 0 saturated heterocycles. The number of halogens is 1. The molecule has 3 aromatic carbocycles. The van der Waals surface area contributed by atoms with Gasteiger partial charge in [0, 0.05) is 4.47 Å². The average molecular weight is 454 g/mol. The molecular formula is C23H20BrNO4. The van der Waals surface area contributed by atoms with Crippen molar-refractivity contribution in [2.75, 3.05) is 7.11 Å². The molecule has 0 aliphatic carbocycles. The Kier molecular flexibility index (Phi) is 7.41. The van der Waals surface area contributed by atoms with Crippen molar-refractivity contribution in [3.8, 4) is 11.5 Å². The largest absolute Gasteiger partial charge is 0.497 e. The summed E-state index contributed by atoms with van der Waals surface area (Å²) in [5.74, 6) is 0.701. The molecule has 6 heteroatoms. The van der Waals surface area contributed by atoms with Gasteiger partial charge in [0.1, 0.15) is 18.1 Å². The van der Waals surface area contributed by atoms with Crippen LogP contribution in [0.3, 0.4) is 0 Å². The topological polar surface area (TPSA) is 57.1 Å². The van der Waals surface area contributed by atoms with Crippen LogP contribution < -0.4 is 9.47 Å². The lowest BCUT2D eigenvalue weighted by atomic mass is 10.1. The second-order valence-electron chi connectivity index (χ2n) is 6.13. The molecule has 0 aliphatic heterocycles. The molecule has 0 amide bonds. The number of nitrogens with zero attached hydrogens (tertiary/aromatic N) is 1. The molecule has 0 heterocycles. The first-order valence-electron chi connectivity index (χ1n) is 8.97. The number of oxime groups is 1. The fourth-order valence-electron chi connectivity index (χ4n) is 2.54. The maximum atomic E-state index is 12.5. The van der Waals surface area contributed by atoms with E-state index in [1.165, 1.54) is 0 Å². The van der Waals surface area contributed by atoms with Crippen molar-refractivity contribution in [2.24, 2.45) is 5.16 Å². The Hall–Kier alpha value is -3.12. The average Bonchev–Trinajstić information content (AvgIpc) is 2.75. The molecule has 0 spiro atoms. The van der Waals surface area contributed by atoms with Gasteiger partial charge < -0.3 is 14.3 Å². The first kappa shape index (κ1) is 20.6. The van der Waals surface area contributed by atoms with Gasteiger partial charge in [-0.25, -0.2) is 0 Å². The third-order valence-electron chi connectivity index (χ3n) is 4.03. The smallest absolute Gasteiger partial charge is 0.317 e. The SMILES string of the molecule is COc1ccc(OC(=O)C/C(=N\OCc2ccccc2)c2ccc(Br)cc2)cc1. The molecule has 0 aromatic heterocycles. The first-order chi connectivity index (χ1) is 14.1. The van der Waals surface area contributed by atoms with E-state index in [1.807, 2.05) is 54.6 Å². The van der Waals surface area contributed by atoms with Gasteiger partial charge in [0.25, 0.3) is 0 Å². The number of benzene rings is 3. The summed E-state index contributed by atoms with van der Waals surface area (Å²) in [7, 11) is 1.58. The molecular weight excluding hydrogens is 434 g/mol. The Morgan fingerprint density at radius 3 is 2.21 bits per heavy atom. The van der Waals surface area contributed by atoms with Crippen molar-refractivity contribution in [2.45, 2.75) is 13.0 Å². The number of ether oxygens (including phenoxy) is 2. The summed E-state index contributed by atoms with van der Waals surface area (Å²) in [5, 5.41) is 4.21. The van der Waals surface area contributed by atoms with Crippen LogP contribution in [-0.2, 0) is 16.2 Å². The van der Waals surface area contributed by atoms with E-state index in [-0.39, 0.29) is 6.42 Å². The highest BCUT2D eigenvalue weighted by Gasteiger charge is 2.14. The Morgan fingerprint density at radius 2 is 1.55 bits per heavy atom. The van der Waals surface area contributed by atoms with Gasteiger partial charge in [-0.1, -0.05) is 63.6 Å². The summed E-state index contributed by atoms with van der Waals surface area (Å²) in [5.41, 5.74) is 2.27. The Balaban J connectivity index is 1.70. The fraction of sp³-hybridized carbons (Fsp3) is 0.130. The highest BCUT2D eigenvalue weighted by Crippen LogP contribution is 2.18.